The van der Waals surface area contributed by atoms with Crippen LogP contribution in [0.15, 0.2) is 47.4 Å². The summed E-state index contributed by atoms with van der Waals surface area (Å²) >= 11 is 1.41. The SMILES string of the molecule is C[C@@H](OC(=O)CCSc1ccc(F)cc1)C(=O)Nc1ccc2c(c1)OCCO2. The second-order valence-corrected chi connectivity index (χ2v) is 7.20. The molecule has 1 amide bonds. The normalized spacial score (nSPS) is 13.5. The highest BCUT2D eigenvalue weighted by Crippen LogP contribution is 2.32. The first kappa shape index (κ1) is 20.0. The lowest BCUT2D eigenvalue weighted by atomic mass is 10.2. The number of carbonyl (C=O) groups excluding carboxylic acids is 2. The molecule has 0 radical (unpaired) electrons. The van der Waals surface area contributed by atoms with Crippen molar-refractivity contribution < 1.29 is 28.2 Å². The molecule has 0 spiro atoms. The van der Waals surface area contributed by atoms with E-state index in [4.69, 9.17) is 14.2 Å². The number of rotatable bonds is 7. The summed E-state index contributed by atoms with van der Waals surface area (Å²) in [5, 5.41) is 2.69. The number of fused-ring (bicyclic) bond motifs is 1. The maximum atomic E-state index is 12.9. The number of carbonyl (C=O) groups is 2. The molecule has 8 heteroatoms. The molecule has 1 heterocycles. The molecule has 6 nitrogen and oxygen atoms in total. The Kier molecular flexibility index (Phi) is 6.76. The van der Waals surface area contributed by atoms with Crippen molar-refractivity contribution in [1.82, 2.24) is 0 Å². The predicted octanol–water partition coefficient (Wildman–Crippen LogP) is 3.65. The van der Waals surface area contributed by atoms with E-state index in [9.17, 15) is 14.0 Å². The van der Waals surface area contributed by atoms with Crippen molar-refractivity contribution in [1.29, 1.82) is 0 Å². The van der Waals surface area contributed by atoms with Crippen molar-refractivity contribution in [3.05, 3.63) is 48.3 Å². The van der Waals surface area contributed by atoms with Crippen LogP contribution in [-0.2, 0) is 14.3 Å². The highest BCUT2D eigenvalue weighted by atomic mass is 32.2. The number of esters is 1. The molecular weight excluding hydrogens is 385 g/mol. The zero-order valence-corrected chi connectivity index (χ0v) is 16.1. The second-order valence-electron chi connectivity index (χ2n) is 6.03. The van der Waals surface area contributed by atoms with Gasteiger partial charge in [-0.05, 0) is 43.3 Å². The summed E-state index contributed by atoms with van der Waals surface area (Å²) in [5.41, 5.74) is 0.531. The molecule has 0 aromatic heterocycles. The van der Waals surface area contributed by atoms with Crippen LogP contribution in [0.4, 0.5) is 10.1 Å². The quantitative estimate of drug-likeness (QED) is 0.560. The van der Waals surface area contributed by atoms with Crippen LogP contribution < -0.4 is 14.8 Å². The molecule has 0 fully saturated rings. The third-order valence-corrected chi connectivity index (χ3v) is 4.89. The number of amides is 1. The number of hydrogen-bond donors (Lipinski definition) is 1. The van der Waals surface area contributed by atoms with Crippen molar-refractivity contribution >= 4 is 29.3 Å². The summed E-state index contributed by atoms with van der Waals surface area (Å²) in [6, 6.07) is 11.1. The van der Waals surface area contributed by atoms with Gasteiger partial charge in [0, 0.05) is 22.4 Å². The molecule has 0 aliphatic carbocycles. The van der Waals surface area contributed by atoms with Crippen molar-refractivity contribution in [3.63, 3.8) is 0 Å². The van der Waals surface area contributed by atoms with Gasteiger partial charge in [-0.2, -0.15) is 0 Å². The summed E-state index contributed by atoms with van der Waals surface area (Å²) in [6.45, 7) is 2.46. The van der Waals surface area contributed by atoms with Gasteiger partial charge in [0.15, 0.2) is 17.6 Å². The lowest BCUT2D eigenvalue weighted by Crippen LogP contribution is -2.30. The summed E-state index contributed by atoms with van der Waals surface area (Å²) < 4.78 is 28.9. The molecule has 1 aliphatic rings. The second kappa shape index (κ2) is 9.45. The number of nitrogens with one attached hydrogen (secondary N) is 1. The zero-order valence-electron chi connectivity index (χ0n) is 15.3. The highest BCUT2D eigenvalue weighted by Gasteiger charge is 2.19. The van der Waals surface area contributed by atoms with Gasteiger partial charge in [0.05, 0.1) is 6.42 Å². The highest BCUT2D eigenvalue weighted by molar-refractivity contribution is 7.99. The number of hydrogen-bond acceptors (Lipinski definition) is 6. The number of benzene rings is 2. The smallest absolute Gasteiger partial charge is 0.307 e. The van der Waals surface area contributed by atoms with Crippen LogP contribution in [0.5, 0.6) is 11.5 Å². The average molecular weight is 405 g/mol. The lowest BCUT2D eigenvalue weighted by molar-refractivity contribution is -0.152. The number of ether oxygens (including phenoxy) is 3. The molecule has 3 rings (SSSR count). The van der Waals surface area contributed by atoms with Gasteiger partial charge in [0.25, 0.3) is 5.91 Å². The predicted molar refractivity (Wildman–Crippen MR) is 103 cm³/mol. The minimum Gasteiger partial charge on any atom is -0.486 e. The van der Waals surface area contributed by atoms with Crippen molar-refractivity contribution in [2.75, 3.05) is 24.3 Å². The minimum absolute atomic E-state index is 0.143. The maximum Gasteiger partial charge on any atom is 0.307 e. The van der Waals surface area contributed by atoms with E-state index in [0.717, 1.165) is 4.90 Å². The molecule has 0 unspecified atom stereocenters. The van der Waals surface area contributed by atoms with E-state index in [2.05, 4.69) is 5.32 Å². The monoisotopic (exact) mass is 405 g/mol. The van der Waals surface area contributed by atoms with Crippen molar-refractivity contribution in [2.24, 2.45) is 0 Å². The molecule has 0 saturated heterocycles. The molecule has 1 atom stereocenters. The fraction of sp³-hybridized carbons (Fsp3) is 0.300. The molecule has 1 N–H and O–H groups in total. The van der Waals surface area contributed by atoms with Crippen LogP contribution in [0.2, 0.25) is 0 Å². The molecule has 28 heavy (non-hydrogen) atoms. The molecule has 0 bridgehead atoms. The van der Waals surface area contributed by atoms with Gasteiger partial charge in [-0.3, -0.25) is 9.59 Å². The van der Waals surface area contributed by atoms with Gasteiger partial charge in [0.1, 0.15) is 19.0 Å². The van der Waals surface area contributed by atoms with E-state index in [1.807, 2.05) is 0 Å². The third kappa shape index (κ3) is 5.63. The zero-order chi connectivity index (χ0) is 19.9. The Morgan fingerprint density at radius 1 is 1.14 bits per heavy atom. The first-order chi connectivity index (χ1) is 13.5. The Balaban J connectivity index is 1.43. The first-order valence-electron chi connectivity index (χ1n) is 8.79. The van der Waals surface area contributed by atoms with Crippen molar-refractivity contribution in [2.45, 2.75) is 24.3 Å². The van der Waals surface area contributed by atoms with Gasteiger partial charge in [-0.1, -0.05) is 0 Å². The maximum absolute atomic E-state index is 12.9. The Morgan fingerprint density at radius 3 is 2.61 bits per heavy atom. The van der Waals surface area contributed by atoms with Crippen molar-refractivity contribution in [3.8, 4) is 11.5 Å². The van der Waals surface area contributed by atoms with E-state index in [1.165, 1.54) is 30.8 Å². The molecule has 1 aliphatic heterocycles. The van der Waals surface area contributed by atoms with E-state index in [1.54, 1.807) is 30.3 Å². The summed E-state index contributed by atoms with van der Waals surface area (Å²) in [6.07, 6.45) is -0.791. The number of thioether (sulfide) groups is 1. The van der Waals surface area contributed by atoms with E-state index < -0.39 is 18.0 Å². The minimum atomic E-state index is -0.934. The summed E-state index contributed by atoms with van der Waals surface area (Å²) in [7, 11) is 0. The van der Waals surface area contributed by atoms with Gasteiger partial charge in [0.2, 0.25) is 0 Å². The first-order valence-corrected chi connectivity index (χ1v) is 9.78. The van der Waals surface area contributed by atoms with E-state index in [-0.39, 0.29) is 12.2 Å². The van der Waals surface area contributed by atoms with Gasteiger partial charge < -0.3 is 19.5 Å². The fourth-order valence-electron chi connectivity index (χ4n) is 2.46. The molecule has 0 saturated carbocycles. The molecule has 2 aromatic carbocycles. The fourth-order valence-corrected chi connectivity index (χ4v) is 3.29. The summed E-state index contributed by atoms with van der Waals surface area (Å²) in [4.78, 5) is 25.0. The van der Waals surface area contributed by atoms with E-state index >= 15 is 0 Å². The average Bonchev–Trinajstić information content (AvgIpc) is 2.69. The largest absolute Gasteiger partial charge is 0.486 e. The van der Waals surface area contributed by atoms with Crippen LogP contribution in [-0.4, -0.2) is 36.9 Å². The van der Waals surface area contributed by atoms with Crippen LogP contribution in [0.1, 0.15) is 13.3 Å². The van der Waals surface area contributed by atoms with Gasteiger partial charge >= 0.3 is 5.97 Å². The Morgan fingerprint density at radius 2 is 1.86 bits per heavy atom. The number of anilines is 1. The van der Waals surface area contributed by atoms with Gasteiger partial charge in [-0.15, -0.1) is 11.8 Å². The molecular formula is C20H20FNO5S. The van der Waals surface area contributed by atoms with Crippen LogP contribution >= 0.6 is 11.8 Å². The number of halogens is 1. The van der Waals surface area contributed by atoms with Crippen LogP contribution in [0, 0.1) is 5.82 Å². The summed E-state index contributed by atoms with van der Waals surface area (Å²) in [5.74, 6) is 0.451. The molecule has 148 valence electrons. The Labute approximate surface area is 166 Å². The van der Waals surface area contributed by atoms with Gasteiger partial charge in [-0.25, -0.2) is 4.39 Å². The standard InChI is InChI=1S/C20H20FNO5S/c1-13(27-19(23)8-11-28-16-5-2-14(21)3-6-16)20(24)22-15-4-7-17-18(12-15)26-10-9-25-17/h2-7,12-13H,8-11H2,1H3,(H,22,24)/t13-/m1/s1. The molecule has 2 aromatic rings. The topological polar surface area (TPSA) is 73.9 Å². The Bertz CT molecular complexity index is 843. The van der Waals surface area contributed by atoms with Crippen LogP contribution in [0.25, 0.3) is 0 Å². The third-order valence-electron chi connectivity index (χ3n) is 3.88. The van der Waals surface area contributed by atoms with Crippen LogP contribution in [0.3, 0.4) is 0 Å². The lowest BCUT2D eigenvalue weighted by Gasteiger charge is -2.19. The van der Waals surface area contributed by atoms with E-state index in [0.29, 0.717) is 36.2 Å². The Hall–Kier alpha value is -2.74.